The Bertz CT molecular complexity index is 1230. The molecule has 0 bridgehead atoms. The molecular weight excluding hydrogens is 456 g/mol. The number of piperidine rings is 1. The van der Waals surface area contributed by atoms with Crippen molar-refractivity contribution in [2.45, 2.75) is 52.1 Å². The predicted molar refractivity (Wildman–Crippen MR) is 125 cm³/mol. The Hall–Kier alpha value is -3.37. The van der Waals surface area contributed by atoms with Crippen molar-refractivity contribution in [3.05, 3.63) is 36.5 Å². The maximum absolute atomic E-state index is 13.2. The van der Waals surface area contributed by atoms with Gasteiger partial charge in [-0.15, -0.1) is 0 Å². The third-order valence-corrected chi connectivity index (χ3v) is 6.75. The van der Waals surface area contributed by atoms with E-state index >= 15 is 0 Å². The number of ether oxygens (including phenoxy) is 1. The van der Waals surface area contributed by atoms with Crippen molar-refractivity contribution >= 4 is 17.6 Å². The third-order valence-electron chi connectivity index (χ3n) is 6.75. The Morgan fingerprint density at radius 3 is 2.54 bits per heavy atom. The van der Waals surface area contributed by atoms with Gasteiger partial charge >= 0.3 is 6.09 Å². The molecule has 2 aliphatic heterocycles. The van der Waals surface area contributed by atoms with Gasteiger partial charge in [-0.3, -0.25) is 4.40 Å². The van der Waals surface area contributed by atoms with Gasteiger partial charge in [-0.25, -0.2) is 33.5 Å². The lowest BCUT2D eigenvalue weighted by Crippen LogP contribution is -2.46. The Morgan fingerprint density at radius 2 is 1.83 bits per heavy atom. The predicted octanol–water partition coefficient (Wildman–Crippen LogP) is 4.35. The van der Waals surface area contributed by atoms with Crippen LogP contribution in [-0.2, 0) is 4.74 Å². The molecule has 5 rings (SSSR count). The molecule has 0 aromatic carbocycles. The molecule has 0 atom stereocenters. The van der Waals surface area contributed by atoms with E-state index in [4.69, 9.17) is 9.72 Å². The molecule has 0 unspecified atom stereocenters. The highest BCUT2D eigenvalue weighted by atomic mass is 19.3. The number of carbonyl (C=O) groups excluding carboxylic acids is 1. The molecule has 2 saturated heterocycles. The Morgan fingerprint density at radius 1 is 1.09 bits per heavy atom. The summed E-state index contributed by atoms with van der Waals surface area (Å²) in [6, 6.07) is 1.87. The Labute approximate surface area is 202 Å². The Balaban J connectivity index is 1.30. The highest BCUT2D eigenvalue weighted by Gasteiger charge is 2.42. The minimum atomic E-state index is -2.68. The summed E-state index contributed by atoms with van der Waals surface area (Å²) in [6.45, 7) is 8.70. The zero-order valence-electron chi connectivity index (χ0n) is 20.1. The number of hydrogen-bond donors (Lipinski definition) is 0. The number of aromatic nitrogens is 5. The van der Waals surface area contributed by atoms with E-state index < -0.39 is 12.0 Å². The summed E-state index contributed by atoms with van der Waals surface area (Å²) < 4.78 is 33.4. The summed E-state index contributed by atoms with van der Waals surface area (Å²) in [7, 11) is 0. The van der Waals surface area contributed by atoms with Crippen molar-refractivity contribution in [3.8, 4) is 11.5 Å². The molecule has 1 amide bonds. The molecular formula is C24H29F2N7O2. The van der Waals surface area contributed by atoms with E-state index in [1.54, 1.807) is 21.7 Å². The summed E-state index contributed by atoms with van der Waals surface area (Å²) in [5.41, 5.74) is 0.289. The third kappa shape index (κ3) is 4.76. The molecule has 9 nitrogen and oxygen atoms in total. The number of hydrogen-bond acceptors (Lipinski definition) is 7. The van der Waals surface area contributed by atoms with Crippen LogP contribution in [0.2, 0.25) is 0 Å². The van der Waals surface area contributed by atoms with Gasteiger partial charge in [-0.05, 0) is 51.5 Å². The quantitative estimate of drug-likeness (QED) is 0.545. The monoisotopic (exact) mass is 485 g/mol. The van der Waals surface area contributed by atoms with Gasteiger partial charge in [0.05, 0.1) is 12.4 Å². The minimum Gasteiger partial charge on any atom is -0.444 e. The average molecular weight is 486 g/mol. The maximum atomic E-state index is 13.2. The number of amides is 1. The van der Waals surface area contributed by atoms with E-state index in [-0.39, 0.29) is 17.2 Å². The van der Waals surface area contributed by atoms with Crippen LogP contribution in [0.3, 0.4) is 0 Å². The van der Waals surface area contributed by atoms with Gasteiger partial charge in [0.25, 0.3) is 6.43 Å². The first-order valence-corrected chi connectivity index (χ1v) is 11.8. The molecule has 0 aliphatic carbocycles. The first-order chi connectivity index (χ1) is 16.6. The van der Waals surface area contributed by atoms with Crippen molar-refractivity contribution in [3.63, 3.8) is 0 Å². The second kappa shape index (κ2) is 8.69. The second-order valence-electron chi connectivity index (χ2n) is 10.4. The molecule has 2 aliphatic rings. The number of rotatable bonds is 3. The van der Waals surface area contributed by atoms with E-state index in [0.29, 0.717) is 30.3 Å². The van der Waals surface area contributed by atoms with E-state index in [9.17, 15) is 13.6 Å². The van der Waals surface area contributed by atoms with E-state index in [0.717, 1.165) is 38.2 Å². The van der Waals surface area contributed by atoms with Gasteiger partial charge in [0.1, 0.15) is 22.8 Å². The highest BCUT2D eigenvalue weighted by molar-refractivity contribution is 5.68. The molecule has 5 heterocycles. The van der Waals surface area contributed by atoms with Crippen LogP contribution in [0.5, 0.6) is 0 Å². The topological polar surface area (TPSA) is 88.8 Å². The van der Waals surface area contributed by atoms with E-state index in [1.807, 2.05) is 26.8 Å². The fourth-order valence-electron chi connectivity index (χ4n) is 4.86. The number of imidazole rings is 1. The summed E-state index contributed by atoms with van der Waals surface area (Å²) in [5, 5.41) is 0. The van der Waals surface area contributed by atoms with Gasteiger partial charge in [-0.1, -0.05) is 0 Å². The molecule has 11 heteroatoms. The summed E-state index contributed by atoms with van der Waals surface area (Å²) in [4.78, 5) is 33.6. The molecule has 35 heavy (non-hydrogen) atoms. The van der Waals surface area contributed by atoms with Crippen LogP contribution in [0.4, 0.5) is 19.4 Å². The van der Waals surface area contributed by atoms with Crippen LogP contribution in [0, 0.1) is 5.41 Å². The lowest BCUT2D eigenvalue weighted by Gasteiger charge is -2.39. The minimum absolute atomic E-state index is 0.130. The van der Waals surface area contributed by atoms with E-state index in [1.165, 1.54) is 12.4 Å². The standard InChI is InChI=1S/C24H29F2N7O2/c1-23(2,3)35-22(34)31-9-5-24(6-10-31)7-11-32(15-24)18-4-8-27-21(30-18)17-12-29-19-13-28-16(20(25)26)14-33(17)19/h4,8,12-14,20H,5-7,9-11,15H2,1-3H3. The van der Waals surface area contributed by atoms with Crippen molar-refractivity contribution in [2.24, 2.45) is 5.41 Å². The second-order valence-corrected chi connectivity index (χ2v) is 10.4. The van der Waals surface area contributed by atoms with Gasteiger partial charge < -0.3 is 14.5 Å². The molecule has 3 aromatic rings. The first kappa shape index (κ1) is 23.4. The summed E-state index contributed by atoms with van der Waals surface area (Å²) in [6.07, 6.45) is 5.78. The fraction of sp³-hybridized carbons (Fsp3) is 0.542. The van der Waals surface area contributed by atoms with Crippen molar-refractivity contribution < 1.29 is 18.3 Å². The van der Waals surface area contributed by atoms with Crippen LogP contribution in [0.15, 0.2) is 30.9 Å². The summed E-state index contributed by atoms with van der Waals surface area (Å²) in [5.74, 6) is 1.21. The molecule has 1 spiro atoms. The van der Waals surface area contributed by atoms with E-state index in [2.05, 4.69) is 19.9 Å². The fourth-order valence-corrected chi connectivity index (χ4v) is 4.86. The smallest absolute Gasteiger partial charge is 0.410 e. The van der Waals surface area contributed by atoms with Crippen LogP contribution in [0.25, 0.3) is 17.2 Å². The number of anilines is 1. The lowest BCUT2D eigenvalue weighted by molar-refractivity contribution is 0.0122. The van der Waals surface area contributed by atoms with Crippen LogP contribution in [-0.4, -0.2) is 67.1 Å². The van der Waals surface area contributed by atoms with Gasteiger partial charge in [0, 0.05) is 38.6 Å². The molecule has 2 fully saturated rings. The molecule has 186 valence electrons. The van der Waals surface area contributed by atoms with Crippen LogP contribution in [0.1, 0.15) is 52.2 Å². The Kier molecular flexibility index (Phi) is 5.80. The van der Waals surface area contributed by atoms with Gasteiger partial charge in [-0.2, -0.15) is 0 Å². The maximum Gasteiger partial charge on any atom is 0.410 e. The highest BCUT2D eigenvalue weighted by Crippen LogP contribution is 2.42. The van der Waals surface area contributed by atoms with Crippen molar-refractivity contribution in [2.75, 3.05) is 31.1 Å². The average Bonchev–Trinajstić information content (AvgIpc) is 3.43. The number of halogens is 2. The SMILES string of the molecule is CC(C)(C)OC(=O)N1CCC2(CC1)CCN(c1ccnc(-c3cnc4cnc(C(F)F)cn34)n1)C2. The zero-order chi connectivity index (χ0) is 24.8. The molecule has 0 radical (unpaired) electrons. The number of carbonyl (C=O) groups is 1. The van der Waals surface area contributed by atoms with Gasteiger partial charge in [0.15, 0.2) is 11.5 Å². The molecule has 0 saturated carbocycles. The number of alkyl halides is 2. The zero-order valence-corrected chi connectivity index (χ0v) is 20.1. The number of fused-ring (bicyclic) bond motifs is 1. The summed E-state index contributed by atoms with van der Waals surface area (Å²) >= 11 is 0. The van der Waals surface area contributed by atoms with Crippen molar-refractivity contribution in [1.82, 2.24) is 29.2 Å². The normalized spacial score (nSPS) is 18.1. The number of nitrogens with zero attached hydrogens (tertiary/aromatic N) is 7. The molecule has 3 aromatic heterocycles. The largest absolute Gasteiger partial charge is 0.444 e. The van der Waals surface area contributed by atoms with Gasteiger partial charge in [0.2, 0.25) is 0 Å². The lowest BCUT2D eigenvalue weighted by atomic mass is 9.78. The van der Waals surface area contributed by atoms with Crippen LogP contribution < -0.4 is 4.90 Å². The molecule has 0 N–H and O–H groups in total. The van der Waals surface area contributed by atoms with Crippen molar-refractivity contribution in [1.29, 1.82) is 0 Å². The number of likely N-dealkylation sites (tertiary alicyclic amines) is 1. The van der Waals surface area contributed by atoms with Crippen LogP contribution >= 0.6 is 0 Å². The first-order valence-electron chi connectivity index (χ1n) is 11.8.